The number of nitrogens with zero attached hydrogens (tertiary/aromatic N) is 1. The number of Topliss-reactive ketones (excluding diaryl/α,β-unsaturated/α-hetero) is 1. The van der Waals surface area contributed by atoms with Gasteiger partial charge in [0.05, 0.1) is 0 Å². The lowest BCUT2D eigenvalue weighted by Gasteiger charge is -2.46. The van der Waals surface area contributed by atoms with Gasteiger partial charge in [0, 0.05) is 45.2 Å². The van der Waals surface area contributed by atoms with E-state index in [0.717, 1.165) is 26.0 Å². The summed E-state index contributed by atoms with van der Waals surface area (Å²) < 4.78 is 5.19. The number of methoxy groups -OCH3 is 1. The lowest BCUT2D eigenvalue weighted by atomic mass is 9.83. The number of hydrogen-bond acceptors (Lipinski definition) is 3. The van der Waals surface area contributed by atoms with Gasteiger partial charge < -0.3 is 4.74 Å². The largest absolute Gasteiger partial charge is 0.384 e. The van der Waals surface area contributed by atoms with Crippen LogP contribution >= 0.6 is 0 Å². The van der Waals surface area contributed by atoms with E-state index in [1.165, 1.54) is 19.3 Å². The van der Waals surface area contributed by atoms with Crippen LogP contribution in [0.2, 0.25) is 0 Å². The first-order chi connectivity index (χ1) is 7.70. The van der Waals surface area contributed by atoms with Crippen LogP contribution in [0.5, 0.6) is 0 Å². The lowest BCUT2D eigenvalue weighted by molar-refractivity contribution is -0.127. The van der Waals surface area contributed by atoms with E-state index in [2.05, 4.69) is 11.8 Å². The Kier molecular flexibility index (Phi) is 3.98. The molecule has 2 bridgehead atoms. The second-order valence-corrected chi connectivity index (χ2v) is 5.44. The predicted molar refractivity (Wildman–Crippen MR) is 63.4 cm³/mol. The highest BCUT2D eigenvalue weighted by molar-refractivity contribution is 5.80. The highest BCUT2D eigenvalue weighted by atomic mass is 16.5. The molecule has 0 spiro atoms. The third-order valence-corrected chi connectivity index (χ3v) is 3.91. The first-order valence-corrected chi connectivity index (χ1v) is 6.47. The van der Waals surface area contributed by atoms with Crippen LogP contribution in [0.3, 0.4) is 0 Å². The number of ketones is 1. The Hall–Kier alpha value is -0.410. The number of hydrogen-bond donors (Lipinski definition) is 0. The van der Waals surface area contributed by atoms with E-state index >= 15 is 0 Å². The fraction of sp³-hybridized carbons (Fsp3) is 0.923. The first kappa shape index (κ1) is 12.1. The van der Waals surface area contributed by atoms with Gasteiger partial charge in [0.2, 0.25) is 0 Å². The van der Waals surface area contributed by atoms with Crippen LogP contribution in [0.15, 0.2) is 0 Å². The average Bonchev–Trinajstić information content (AvgIpc) is 2.19. The van der Waals surface area contributed by atoms with Crippen molar-refractivity contribution in [2.75, 3.05) is 20.3 Å². The van der Waals surface area contributed by atoms with Crippen LogP contribution < -0.4 is 0 Å². The van der Waals surface area contributed by atoms with Crippen molar-refractivity contribution < 1.29 is 9.53 Å². The monoisotopic (exact) mass is 225 g/mol. The molecule has 2 aliphatic heterocycles. The number of fused-ring (bicyclic) bond motifs is 2. The van der Waals surface area contributed by atoms with E-state index in [0.29, 0.717) is 23.8 Å². The Morgan fingerprint density at radius 2 is 2.00 bits per heavy atom. The molecular weight excluding hydrogens is 202 g/mol. The molecule has 0 aromatic carbocycles. The second kappa shape index (κ2) is 5.28. The molecule has 2 rings (SSSR count). The normalized spacial score (nSPS) is 32.8. The molecule has 2 heterocycles. The van der Waals surface area contributed by atoms with Crippen molar-refractivity contribution in [3.63, 3.8) is 0 Å². The molecular formula is C13H23NO2. The molecule has 0 amide bonds. The van der Waals surface area contributed by atoms with Crippen molar-refractivity contribution >= 4 is 5.78 Å². The molecule has 2 aliphatic rings. The molecule has 3 nitrogen and oxygen atoms in total. The van der Waals surface area contributed by atoms with Gasteiger partial charge in [0.1, 0.15) is 5.78 Å². The second-order valence-electron chi connectivity index (χ2n) is 5.44. The standard InChI is InChI=1S/C13H23NO2/c1-10(9-16-2)8-14-11-4-3-5-12(14)7-13(15)6-11/h10-12H,3-9H2,1-2H3. The van der Waals surface area contributed by atoms with Crippen molar-refractivity contribution in [3.8, 4) is 0 Å². The molecule has 2 fully saturated rings. The van der Waals surface area contributed by atoms with Gasteiger partial charge in [0.25, 0.3) is 0 Å². The maximum Gasteiger partial charge on any atom is 0.136 e. The maximum atomic E-state index is 11.6. The lowest BCUT2D eigenvalue weighted by Crippen LogP contribution is -2.53. The molecule has 2 saturated heterocycles. The highest BCUT2D eigenvalue weighted by Gasteiger charge is 2.37. The zero-order chi connectivity index (χ0) is 11.5. The number of carbonyl (C=O) groups is 1. The highest BCUT2D eigenvalue weighted by Crippen LogP contribution is 2.32. The van der Waals surface area contributed by atoms with Gasteiger partial charge in [-0.15, -0.1) is 0 Å². The Labute approximate surface area is 98.1 Å². The van der Waals surface area contributed by atoms with Gasteiger partial charge in [-0.05, 0) is 18.8 Å². The quantitative estimate of drug-likeness (QED) is 0.731. The molecule has 0 aliphatic carbocycles. The van der Waals surface area contributed by atoms with Gasteiger partial charge in [-0.2, -0.15) is 0 Å². The van der Waals surface area contributed by atoms with Gasteiger partial charge in [0.15, 0.2) is 0 Å². The van der Waals surface area contributed by atoms with Gasteiger partial charge in [-0.25, -0.2) is 0 Å². The molecule has 0 aromatic rings. The van der Waals surface area contributed by atoms with Crippen LogP contribution in [-0.4, -0.2) is 43.0 Å². The van der Waals surface area contributed by atoms with Crippen LogP contribution in [0.4, 0.5) is 0 Å². The zero-order valence-corrected chi connectivity index (χ0v) is 10.4. The van der Waals surface area contributed by atoms with Gasteiger partial charge >= 0.3 is 0 Å². The summed E-state index contributed by atoms with van der Waals surface area (Å²) in [6, 6.07) is 1.05. The van der Waals surface area contributed by atoms with Crippen LogP contribution in [0.1, 0.15) is 39.0 Å². The van der Waals surface area contributed by atoms with Gasteiger partial charge in [-0.1, -0.05) is 13.3 Å². The molecule has 0 aromatic heterocycles. The summed E-state index contributed by atoms with van der Waals surface area (Å²) in [5.41, 5.74) is 0. The van der Waals surface area contributed by atoms with Crippen LogP contribution in [0.25, 0.3) is 0 Å². The van der Waals surface area contributed by atoms with E-state index in [4.69, 9.17) is 4.74 Å². The third kappa shape index (κ3) is 2.64. The van der Waals surface area contributed by atoms with Crippen molar-refractivity contribution in [2.45, 2.75) is 51.1 Å². The summed E-state index contributed by atoms with van der Waals surface area (Å²) in [6.07, 6.45) is 5.30. The Bertz CT molecular complexity index is 238. The fourth-order valence-corrected chi connectivity index (χ4v) is 3.26. The molecule has 3 atom stereocenters. The molecule has 16 heavy (non-hydrogen) atoms. The molecule has 3 unspecified atom stereocenters. The summed E-state index contributed by atoms with van der Waals surface area (Å²) in [5, 5.41) is 0. The number of rotatable bonds is 4. The van der Waals surface area contributed by atoms with Crippen molar-refractivity contribution in [3.05, 3.63) is 0 Å². The summed E-state index contributed by atoms with van der Waals surface area (Å²) in [7, 11) is 1.76. The first-order valence-electron chi connectivity index (χ1n) is 6.47. The van der Waals surface area contributed by atoms with E-state index in [9.17, 15) is 4.79 Å². The van der Waals surface area contributed by atoms with E-state index in [1.807, 2.05) is 0 Å². The van der Waals surface area contributed by atoms with E-state index < -0.39 is 0 Å². The molecule has 0 radical (unpaired) electrons. The minimum Gasteiger partial charge on any atom is -0.384 e. The minimum atomic E-state index is 0.477. The van der Waals surface area contributed by atoms with Crippen molar-refractivity contribution in [1.82, 2.24) is 4.90 Å². The smallest absolute Gasteiger partial charge is 0.136 e. The number of piperidine rings is 2. The molecule has 0 N–H and O–H groups in total. The predicted octanol–water partition coefficient (Wildman–Crippen LogP) is 1.85. The molecule has 3 heteroatoms. The Balaban J connectivity index is 1.95. The van der Waals surface area contributed by atoms with Crippen LogP contribution in [0, 0.1) is 5.92 Å². The number of carbonyl (C=O) groups excluding carboxylic acids is 1. The fourth-order valence-electron chi connectivity index (χ4n) is 3.26. The summed E-state index contributed by atoms with van der Waals surface area (Å²) >= 11 is 0. The minimum absolute atomic E-state index is 0.477. The van der Waals surface area contributed by atoms with Crippen molar-refractivity contribution in [2.24, 2.45) is 5.92 Å². The van der Waals surface area contributed by atoms with E-state index in [1.54, 1.807) is 7.11 Å². The maximum absolute atomic E-state index is 11.6. The zero-order valence-electron chi connectivity index (χ0n) is 10.4. The molecule has 0 saturated carbocycles. The topological polar surface area (TPSA) is 29.5 Å². The SMILES string of the molecule is COCC(C)CN1C2CCCC1CC(=O)C2. The molecule has 92 valence electrons. The van der Waals surface area contributed by atoms with Crippen molar-refractivity contribution in [1.29, 1.82) is 0 Å². The van der Waals surface area contributed by atoms with E-state index in [-0.39, 0.29) is 0 Å². The summed E-state index contributed by atoms with van der Waals surface area (Å²) in [4.78, 5) is 14.2. The summed E-state index contributed by atoms with van der Waals surface area (Å²) in [5.74, 6) is 1.05. The summed E-state index contributed by atoms with van der Waals surface area (Å²) in [6.45, 7) is 4.15. The third-order valence-electron chi connectivity index (χ3n) is 3.91. The average molecular weight is 225 g/mol. The Morgan fingerprint density at radius 3 is 2.56 bits per heavy atom. The van der Waals surface area contributed by atoms with Gasteiger partial charge in [-0.3, -0.25) is 9.69 Å². The van der Waals surface area contributed by atoms with Crippen LogP contribution in [-0.2, 0) is 9.53 Å². The Morgan fingerprint density at radius 1 is 1.38 bits per heavy atom. The number of ether oxygens (including phenoxy) is 1.